The van der Waals surface area contributed by atoms with Crippen molar-refractivity contribution in [1.82, 2.24) is 40.1 Å². The first kappa shape index (κ1) is 21.1. The minimum Gasteiger partial charge on any atom is -0.332 e. The maximum absolute atomic E-state index is 13.0. The fraction of sp³-hybridized carbons (Fsp3) is 0.304. The summed E-state index contributed by atoms with van der Waals surface area (Å²) in [7, 11) is 0. The highest BCUT2D eigenvalue weighted by Gasteiger charge is 2.39. The van der Waals surface area contributed by atoms with E-state index in [0.29, 0.717) is 37.2 Å². The average molecular weight is 472 g/mol. The van der Waals surface area contributed by atoms with Crippen LogP contribution in [0, 0.1) is 0 Å². The molecule has 5 heterocycles. The highest BCUT2D eigenvalue weighted by Crippen LogP contribution is 2.29. The van der Waals surface area contributed by atoms with Crippen LogP contribution in [0.25, 0.3) is 5.69 Å². The molecule has 1 saturated heterocycles. The lowest BCUT2D eigenvalue weighted by Crippen LogP contribution is -2.52. The van der Waals surface area contributed by atoms with Crippen LogP contribution in [0.15, 0.2) is 36.9 Å². The van der Waals surface area contributed by atoms with E-state index in [0.717, 1.165) is 16.8 Å². The van der Waals surface area contributed by atoms with Gasteiger partial charge in [-0.3, -0.25) is 24.5 Å². The Bertz CT molecular complexity index is 1400. The van der Waals surface area contributed by atoms with Gasteiger partial charge in [-0.25, -0.2) is 14.6 Å². The number of benzene rings is 1. The number of amides is 4. The molecule has 1 N–H and O–H groups in total. The van der Waals surface area contributed by atoms with Crippen molar-refractivity contribution < 1.29 is 19.2 Å². The predicted molar refractivity (Wildman–Crippen MR) is 118 cm³/mol. The standard InChI is InChI=1S/C23H20N8O4/c32-20-4-3-19(21(33)26-20)30-10-13-7-15(1-2-16(13)22(30)34)31-11-18(27-28-31)23(35)29-6-5-17-14(9-29)8-24-12-25-17/h1-2,7-8,11-12,19H,3-6,9-10H2,(H,26,32,33). The molecular formula is C23H20N8O4. The summed E-state index contributed by atoms with van der Waals surface area (Å²) in [5, 5.41) is 10.5. The molecule has 1 aromatic carbocycles. The lowest BCUT2D eigenvalue weighted by molar-refractivity contribution is -0.136. The first-order valence-corrected chi connectivity index (χ1v) is 11.3. The van der Waals surface area contributed by atoms with E-state index < -0.39 is 11.9 Å². The Morgan fingerprint density at radius 2 is 1.97 bits per heavy atom. The van der Waals surface area contributed by atoms with Gasteiger partial charge in [-0.2, -0.15) is 0 Å². The van der Waals surface area contributed by atoms with E-state index >= 15 is 0 Å². The zero-order valence-corrected chi connectivity index (χ0v) is 18.5. The molecule has 0 saturated carbocycles. The molecule has 3 aliphatic heterocycles. The summed E-state index contributed by atoms with van der Waals surface area (Å²) < 4.78 is 1.49. The fourth-order valence-electron chi connectivity index (χ4n) is 4.79. The summed E-state index contributed by atoms with van der Waals surface area (Å²) in [5.74, 6) is -1.25. The van der Waals surface area contributed by atoms with Gasteiger partial charge < -0.3 is 9.80 Å². The third-order valence-electron chi connectivity index (χ3n) is 6.63. The van der Waals surface area contributed by atoms with Crippen LogP contribution in [0.2, 0.25) is 0 Å². The molecule has 0 bridgehead atoms. The van der Waals surface area contributed by atoms with Crippen molar-refractivity contribution in [3.05, 3.63) is 65.0 Å². The van der Waals surface area contributed by atoms with Crippen molar-refractivity contribution in [1.29, 1.82) is 0 Å². The van der Waals surface area contributed by atoms with Crippen molar-refractivity contribution in [2.75, 3.05) is 6.54 Å². The topological polar surface area (TPSA) is 143 Å². The summed E-state index contributed by atoms with van der Waals surface area (Å²) in [6.07, 6.45) is 5.96. The molecule has 3 aromatic rings. The van der Waals surface area contributed by atoms with Crippen molar-refractivity contribution in [2.45, 2.75) is 38.4 Å². The molecule has 176 valence electrons. The molecule has 12 nitrogen and oxygen atoms in total. The first-order chi connectivity index (χ1) is 17.0. The van der Waals surface area contributed by atoms with Gasteiger partial charge in [-0.15, -0.1) is 5.10 Å². The van der Waals surface area contributed by atoms with Gasteiger partial charge in [0.15, 0.2) is 5.69 Å². The number of hydrogen-bond donors (Lipinski definition) is 1. The second-order valence-corrected chi connectivity index (χ2v) is 8.76. The molecule has 1 unspecified atom stereocenters. The summed E-state index contributed by atoms with van der Waals surface area (Å²) in [5.41, 5.74) is 3.98. The molecule has 4 amide bonds. The number of piperidine rings is 1. The Kier molecular flexibility index (Phi) is 4.87. The van der Waals surface area contributed by atoms with E-state index in [1.807, 2.05) is 0 Å². The zero-order valence-electron chi connectivity index (χ0n) is 18.5. The van der Waals surface area contributed by atoms with Gasteiger partial charge in [-0.05, 0) is 30.2 Å². The quantitative estimate of drug-likeness (QED) is 0.526. The Morgan fingerprint density at radius 3 is 2.83 bits per heavy atom. The van der Waals surface area contributed by atoms with Crippen LogP contribution in [-0.4, -0.2) is 71.0 Å². The normalized spacial score (nSPS) is 19.4. The summed E-state index contributed by atoms with van der Waals surface area (Å²) >= 11 is 0. The fourth-order valence-corrected chi connectivity index (χ4v) is 4.79. The smallest absolute Gasteiger partial charge is 0.276 e. The first-order valence-electron chi connectivity index (χ1n) is 11.3. The molecule has 0 aliphatic carbocycles. The predicted octanol–water partition coefficient (Wildman–Crippen LogP) is 0.0168. The molecule has 1 atom stereocenters. The van der Waals surface area contributed by atoms with Crippen molar-refractivity contribution >= 4 is 23.6 Å². The molecule has 2 aromatic heterocycles. The van der Waals surface area contributed by atoms with Crippen LogP contribution < -0.4 is 5.32 Å². The van der Waals surface area contributed by atoms with Crippen molar-refractivity contribution in [3.63, 3.8) is 0 Å². The summed E-state index contributed by atoms with van der Waals surface area (Å²) in [6.45, 7) is 1.20. The van der Waals surface area contributed by atoms with E-state index in [9.17, 15) is 19.2 Å². The maximum Gasteiger partial charge on any atom is 0.276 e. The van der Waals surface area contributed by atoms with Gasteiger partial charge in [0.05, 0.1) is 17.6 Å². The average Bonchev–Trinajstić information content (AvgIpc) is 3.48. The van der Waals surface area contributed by atoms with Crippen LogP contribution in [-0.2, 0) is 29.1 Å². The Labute approximate surface area is 198 Å². The third-order valence-corrected chi connectivity index (χ3v) is 6.63. The van der Waals surface area contributed by atoms with E-state index in [2.05, 4.69) is 25.6 Å². The lowest BCUT2D eigenvalue weighted by atomic mass is 10.0. The molecule has 1 fully saturated rings. The van der Waals surface area contributed by atoms with Crippen LogP contribution in [0.4, 0.5) is 0 Å². The van der Waals surface area contributed by atoms with Gasteiger partial charge in [0.25, 0.3) is 11.8 Å². The number of hydrogen-bond acceptors (Lipinski definition) is 8. The van der Waals surface area contributed by atoms with Crippen LogP contribution in [0.1, 0.15) is 50.5 Å². The number of imide groups is 1. The molecule has 0 spiro atoms. The van der Waals surface area contributed by atoms with Gasteiger partial charge in [0.2, 0.25) is 11.8 Å². The molecular weight excluding hydrogens is 452 g/mol. The van der Waals surface area contributed by atoms with E-state index in [4.69, 9.17) is 0 Å². The number of nitrogens with zero attached hydrogens (tertiary/aromatic N) is 7. The Balaban J connectivity index is 1.20. The van der Waals surface area contributed by atoms with E-state index in [1.54, 1.807) is 35.5 Å². The Morgan fingerprint density at radius 1 is 1.09 bits per heavy atom. The minimum atomic E-state index is -0.674. The number of fused-ring (bicyclic) bond motifs is 2. The molecule has 35 heavy (non-hydrogen) atoms. The minimum absolute atomic E-state index is 0.202. The second-order valence-electron chi connectivity index (χ2n) is 8.76. The van der Waals surface area contributed by atoms with E-state index in [-0.39, 0.29) is 36.4 Å². The van der Waals surface area contributed by atoms with Gasteiger partial charge in [0, 0.05) is 49.8 Å². The van der Waals surface area contributed by atoms with Gasteiger partial charge in [-0.1, -0.05) is 5.21 Å². The number of rotatable bonds is 3. The van der Waals surface area contributed by atoms with Crippen molar-refractivity contribution in [3.8, 4) is 5.69 Å². The number of carbonyl (C=O) groups is 4. The van der Waals surface area contributed by atoms with Gasteiger partial charge in [0.1, 0.15) is 12.4 Å². The zero-order chi connectivity index (χ0) is 24.1. The lowest BCUT2D eigenvalue weighted by Gasteiger charge is -2.29. The molecule has 0 radical (unpaired) electrons. The van der Waals surface area contributed by atoms with Crippen LogP contribution >= 0.6 is 0 Å². The monoisotopic (exact) mass is 472 g/mol. The number of nitrogens with one attached hydrogen (secondary N) is 1. The molecule has 6 rings (SSSR count). The Hall–Kier alpha value is -4.48. The second kappa shape index (κ2) is 8.08. The number of carbonyl (C=O) groups excluding carboxylic acids is 4. The van der Waals surface area contributed by atoms with Crippen LogP contribution in [0.3, 0.4) is 0 Å². The summed E-state index contributed by atoms with van der Waals surface area (Å²) in [4.78, 5) is 61.1. The number of aromatic nitrogens is 5. The third kappa shape index (κ3) is 3.63. The largest absolute Gasteiger partial charge is 0.332 e. The molecule has 3 aliphatic rings. The maximum atomic E-state index is 13.0. The summed E-state index contributed by atoms with van der Waals surface area (Å²) in [6, 6.07) is 4.54. The highest BCUT2D eigenvalue weighted by molar-refractivity contribution is 6.05. The van der Waals surface area contributed by atoms with Gasteiger partial charge >= 0.3 is 0 Å². The van der Waals surface area contributed by atoms with Crippen LogP contribution in [0.5, 0.6) is 0 Å². The molecule has 12 heteroatoms. The highest BCUT2D eigenvalue weighted by atomic mass is 16.2. The van der Waals surface area contributed by atoms with Crippen molar-refractivity contribution in [2.24, 2.45) is 0 Å². The van der Waals surface area contributed by atoms with E-state index in [1.165, 1.54) is 15.9 Å². The SMILES string of the molecule is O=C1CCC(N2Cc3cc(-n4cc(C(=O)N5CCc6ncncc6C5)nn4)ccc3C2=O)C(=O)N1.